The molecular weight excluding hydrogens is 257 g/mol. The van der Waals surface area contributed by atoms with Crippen LogP contribution in [0.1, 0.15) is 5.56 Å². The van der Waals surface area contributed by atoms with Gasteiger partial charge in [-0.15, -0.1) is 0 Å². The molecule has 0 atom stereocenters. The molecule has 0 bridgehead atoms. The second-order valence-electron chi connectivity index (χ2n) is 3.30. The molecule has 1 aromatic heterocycles. The average molecular weight is 267 g/mol. The van der Waals surface area contributed by atoms with Crippen molar-refractivity contribution < 1.29 is 8.96 Å². The summed E-state index contributed by atoms with van der Waals surface area (Å²) in [4.78, 5) is 0. The highest BCUT2D eigenvalue weighted by Crippen LogP contribution is 2.11. The molecule has 0 fully saturated rings. The van der Waals surface area contributed by atoms with Crippen LogP contribution in [0, 0.1) is 5.82 Å². The Kier molecular flexibility index (Phi) is 3.11. The van der Waals surface area contributed by atoms with Crippen molar-refractivity contribution in [3.63, 3.8) is 0 Å². The predicted octanol–water partition coefficient (Wildman–Crippen LogP) is 2.92. The number of nitrogens with zero attached hydrogens (tertiary/aromatic N) is 1. The number of rotatable bonds is 2. The fourth-order valence-electron chi connectivity index (χ4n) is 1.38. The molecule has 1 heterocycles. The molecule has 0 amide bonds. The van der Waals surface area contributed by atoms with E-state index in [0.29, 0.717) is 4.47 Å². The quantitative estimate of drug-likeness (QED) is 0.736. The van der Waals surface area contributed by atoms with Crippen LogP contribution in [0.2, 0.25) is 0 Å². The molecule has 0 N–H and O–H groups in total. The first-order chi connectivity index (χ1) is 7.25. The van der Waals surface area contributed by atoms with E-state index in [-0.39, 0.29) is 5.82 Å². The minimum atomic E-state index is -0.237. The van der Waals surface area contributed by atoms with Crippen molar-refractivity contribution >= 4 is 15.9 Å². The number of hydrogen-bond acceptors (Lipinski definition) is 0. The van der Waals surface area contributed by atoms with E-state index in [9.17, 15) is 4.39 Å². The highest BCUT2D eigenvalue weighted by molar-refractivity contribution is 9.10. The molecule has 0 radical (unpaired) electrons. The predicted molar refractivity (Wildman–Crippen MR) is 59.8 cm³/mol. The first-order valence-corrected chi connectivity index (χ1v) is 5.43. The molecular formula is C12H10BrFN+. The molecule has 2 rings (SSSR count). The Morgan fingerprint density at radius 1 is 1.13 bits per heavy atom. The fraction of sp³-hybridized carbons (Fsp3) is 0.0833. The van der Waals surface area contributed by atoms with Crippen LogP contribution in [0.25, 0.3) is 0 Å². The summed E-state index contributed by atoms with van der Waals surface area (Å²) in [6, 6.07) is 11.5. The van der Waals surface area contributed by atoms with Crippen molar-refractivity contribution in [1.82, 2.24) is 0 Å². The lowest BCUT2D eigenvalue weighted by Crippen LogP contribution is -2.33. The molecule has 76 valence electrons. The van der Waals surface area contributed by atoms with Gasteiger partial charge in [0.05, 0.1) is 0 Å². The molecule has 0 aliphatic carbocycles. The lowest BCUT2D eigenvalue weighted by molar-refractivity contribution is -0.689. The van der Waals surface area contributed by atoms with E-state index >= 15 is 0 Å². The average Bonchev–Trinajstić information content (AvgIpc) is 2.25. The SMILES string of the molecule is Fc1cc[n+](Cc2ccccc2)cc1Br. The first kappa shape index (κ1) is 10.3. The second kappa shape index (κ2) is 4.53. The van der Waals surface area contributed by atoms with Crippen LogP contribution < -0.4 is 4.57 Å². The lowest BCUT2D eigenvalue weighted by Gasteiger charge is -1.98. The van der Waals surface area contributed by atoms with Crippen LogP contribution in [0.4, 0.5) is 4.39 Å². The van der Waals surface area contributed by atoms with Crippen molar-refractivity contribution in [3.05, 3.63) is 64.6 Å². The number of pyridine rings is 1. The van der Waals surface area contributed by atoms with Crippen molar-refractivity contribution in [2.75, 3.05) is 0 Å². The van der Waals surface area contributed by atoms with Gasteiger partial charge in [0.25, 0.3) is 0 Å². The zero-order valence-corrected chi connectivity index (χ0v) is 9.62. The zero-order chi connectivity index (χ0) is 10.7. The number of benzene rings is 1. The van der Waals surface area contributed by atoms with Gasteiger partial charge in [-0.05, 0) is 15.9 Å². The molecule has 0 saturated carbocycles. The highest BCUT2D eigenvalue weighted by atomic mass is 79.9. The van der Waals surface area contributed by atoms with E-state index in [1.165, 1.54) is 11.6 Å². The Morgan fingerprint density at radius 3 is 2.53 bits per heavy atom. The topological polar surface area (TPSA) is 3.88 Å². The van der Waals surface area contributed by atoms with Gasteiger partial charge in [0.1, 0.15) is 10.3 Å². The Hall–Kier alpha value is -1.22. The summed E-state index contributed by atoms with van der Waals surface area (Å²) in [5, 5.41) is 0. The van der Waals surface area contributed by atoms with E-state index in [1.807, 2.05) is 34.9 Å². The molecule has 0 aliphatic rings. The van der Waals surface area contributed by atoms with Gasteiger partial charge in [-0.1, -0.05) is 30.3 Å². The normalized spacial score (nSPS) is 10.3. The Balaban J connectivity index is 2.22. The van der Waals surface area contributed by atoms with E-state index in [4.69, 9.17) is 0 Å². The third kappa shape index (κ3) is 2.63. The van der Waals surface area contributed by atoms with Gasteiger partial charge in [0, 0.05) is 11.6 Å². The summed E-state index contributed by atoms with van der Waals surface area (Å²) >= 11 is 3.16. The molecule has 15 heavy (non-hydrogen) atoms. The molecule has 2 aromatic rings. The van der Waals surface area contributed by atoms with Crippen LogP contribution in [0.3, 0.4) is 0 Å². The van der Waals surface area contributed by atoms with Crippen LogP contribution in [-0.2, 0) is 6.54 Å². The van der Waals surface area contributed by atoms with E-state index in [2.05, 4.69) is 15.9 Å². The van der Waals surface area contributed by atoms with Gasteiger partial charge in [0.2, 0.25) is 0 Å². The Labute approximate surface area is 96.3 Å². The maximum Gasteiger partial charge on any atom is 0.186 e. The second-order valence-corrected chi connectivity index (χ2v) is 4.15. The lowest BCUT2D eigenvalue weighted by atomic mass is 10.2. The van der Waals surface area contributed by atoms with Crippen molar-refractivity contribution in [2.45, 2.75) is 6.54 Å². The molecule has 1 nitrogen and oxygen atoms in total. The van der Waals surface area contributed by atoms with Crippen LogP contribution in [0.5, 0.6) is 0 Å². The van der Waals surface area contributed by atoms with Gasteiger partial charge in [0.15, 0.2) is 18.9 Å². The third-order valence-electron chi connectivity index (χ3n) is 2.13. The van der Waals surface area contributed by atoms with Gasteiger partial charge in [-0.25, -0.2) is 4.39 Å². The molecule has 0 unspecified atom stereocenters. The Morgan fingerprint density at radius 2 is 1.87 bits per heavy atom. The van der Waals surface area contributed by atoms with Gasteiger partial charge in [-0.2, -0.15) is 4.57 Å². The minimum absolute atomic E-state index is 0.237. The summed E-state index contributed by atoms with van der Waals surface area (Å²) in [5.41, 5.74) is 1.20. The summed E-state index contributed by atoms with van der Waals surface area (Å²) in [6.45, 7) is 0.750. The largest absolute Gasteiger partial charge is 0.205 e. The van der Waals surface area contributed by atoms with Gasteiger partial charge >= 0.3 is 0 Å². The van der Waals surface area contributed by atoms with Crippen molar-refractivity contribution in [2.24, 2.45) is 0 Å². The molecule has 0 spiro atoms. The standard InChI is InChI=1S/C12H10BrFN/c13-11-9-15(7-6-12(11)14)8-10-4-2-1-3-5-10/h1-7,9H,8H2/q+1. The van der Waals surface area contributed by atoms with Crippen molar-refractivity contribution in [3.8, 4) is 0 Å². The van der Waals surface area contributed by atoms with Crippen molar-refractivity contribution in [1.29, 1.82) is 0 Å². The number of aromatic nitrogens is 1. The molecule has 0 saturated heterocycles. The molecule has 3 heteroatoms. The highest BCUT2D eigenvalue weighted by Gasteiger charge is 2.06. The summed E-state index contributed by atoms with van der Waals surface area (Å²) in [6.07, 6.45) is 3.47. The van der Waals surface area contributed by atoms with Crippen LogP contribution in [0.15, 0.2) is 53.3 Å². The fourth-order valence-corrected chi connectivity index (χ4v) is 1.78. The first-order valence-electron chi connectivity index (χ1n) is 4.64. The summed E-state index contributed by atoms with van der Waals surface area (Å²) in [5.74, 6) is -0.237. The molecule has 0 aliphatic heterocycles. The smallest absolute Gasteiger partial charge is 0.186 e. The summed E-state index contributed by atoms with van der Waals surface area (Å²) < 4.78 is 15.4. The number of hydrogen-bond donors (Lipinski definition) is 0. The summed E-state index contributed by atoms with van der Waals surface area (Å²) in [7, 11) is 0. The van der Waals surface area contributed by atoms with Crippen LogP contribution >= 0.6 is 15.9 Å². The Bertz CT molecular complexity index is 456. The monoisotopic (exact) mass is 266 g/mol. The van der Waals surface area contributed by atoms with E-state index in [1.54, 1.807) is 12.4 Å². The van der Waals surface area contributed by atoms with Gasteiger partial charge < -0.3 is 0 Å². The van der Waals surface area contributed by atoms with E-state index in [0.717, 1.165) is 6.54 Å². The van der Waals surface area contributed by atoms with Gasteiger partial charge in [-0.3, -0.25) is 0 Å². The maximum absolute atomic E-state index is 13.0. The third-order valence-corrected chi connectivity index (χ3v) is 2.71. The minimum Gasteiger partial charge on any atom is -0.205 e. The molecule has 1 aromatic carbocycles. The van der Waals surface area contributed by atoms with Crippen LogP contribution in [-0.4, -0.2) is 0 Å². The zero-order valence-electron chi connectivity index (χ0n) is 8.03. The number of halogens is 2. The maximum atomic E-state index is 13.0. The van der Waals surface area contributed by atoms with E-state index < -0.39 is 0 Å².